The topological polar surface area (TPSA) is 90.4 Å². The van der Waals surface area contributed by atoms with Gasteiger partial charge in [0.1, 0.15) is 36.3 Å². The first-order valence-corrected chi connectivity index (χ1v) is 11.9. The highest BCUT2D eigenvalue weighted by Crippen LogP contribution is 2.47. The highest BCUT2D eigenvalue weighted by atomic mass is 16.8. The number of piperidine rings is 1. The third-order valence-corrected chi connectivity index (χ3v) is 8.01. The van der Waals surface area contributed by atoms with E-state index in [-0.39, 0.29) is 24.4 Å². The molecule has 174 valence electrons. The van der Waals surface area contributed by atoms with Crippen molar-refractivity contribution in [3.05, 3.63) is 24.2 Å². The van der Waals surface area contributed by atoms with Crippen molar-refractivity contribution in [2.45, 2.75) is 75.3 Å². The summed E-state index contributed by atoms with van der Waals surface area (Å²) in [5.74, 6) is -0.171. The molecule has 32 heavy (non-hydrogen) atoms. The van der Waals surface area contributed by atoms with Crippen LogP contribution in [0.5, 0.6) is 0 Å². The standard InChI is InChI=1S/C23H34N6O3/c1-22(2)31-19-17(13-28-10-4-7-23(28)8-11-27(3)12-9-23)30-18(20(19)32-22)15-5-6-16-21(24)25-14-26-29(15)16/h5-6,14,17-20H,4,7-13H2,1-3H3,(H2,24,25,26)/t17-,18+,19-,20+/m1/s1. The van der Waals surface area contributed by atoms with Crippen LogP contribution in [0, 0.1) is 0 Å². The number of likely N-dealkylation sites (tertiary alicyclic amines) is 2. The van der Waals surface area contributed by atoms with Crippen LogP contribution in [0.1, 0.15) is 51.3 Å². The van der Waals surface area contributed by atoms with E-state index in [0.717, 1.165) is 24.3 Å². The first-order valence-electron chi connectivity index (χ1n) is 11.9. The predicted molar refractivity (Wildman–Crippen MR) is 119 cm³/mol. The lowest BCUT2D eigenvalue weighted by Gasteiger charge is -2.45. The molecule has 0 saturated carbocycles. The summed E-state index contributed by atoms with van der Waals surface area (Å²) in [7, 11) is 2.23. The molecule has 2 N–H and O–H groups in total. The van der Waals surface area contributed by atoms with Crippen molar-refractivity contribution in [3.63, 3.8) is 0 Å². The van der Waals surface area contributed by atoms with Gasteiger partial charge in [0, 0.05) is 12.1 Å². The summed E-state index contributed by atoms with van der Waals surface area (Å²) in [6, 6.07) is 3.97. The minimum Gasteiger partial charge on any atom is -0.382 e. The molecule has 0 aliphatic carbocycles. The maximum atomic E-state index is 6.71. The molecule has 0 aromatic carbocycles. The molecule has 9 heteroatoms. The van der Waals surface area contributed by atoms with Gasteiger partial charge in [0.2, 0.25) is 0 Å². The monoisotopic (exact) mass is 442 g/mol. The average molecular weight is 443 g/mol. The van der Waals surface area contributed by atoms with E-state index in [0.29, 0.717) is 11.4 Å². The second-order valence-electron chi connectivity index (χ2n) is 10.4. The van der Waals surface area contributed by atoms with E-state index in [9.17, 15) is 0 Å². The molecular formula is C23H34N6O3. The van der Waals surface area contributed by atoms with Crippen LogP contribution >= 0.6 is 0 Å². The fourth-order valence-corrected chi connectivity index (χ4v) is 6.35. The maximum absolute atomic E-state index is 6.71. The van der Waals surface area contributed by atoms with Crippen molar-refractivity contribution in [2.24, 2.45) is 0 Å². The molecule has 2 aromatic heterocycles. The molecule has 4 atom stereocenters. The second-order valence-corrected chi connectivity index (χ2v) is 10.4. The summed E-state index contributed by atoms with van der Waals surface area (Å²) in [6.45, 7) is 8.32. The summed E-state index contributed by atoms with van der Waals surface area (Å²) >= 11 is 0. The lowest BCUT2D eigenvalue weighted by molar-refractivity contribution is -0.191. The quantitative estimate of drug-likeness (QED) is 0.770. The Balaban J connectivity index is 1.29. The Morgan fingerprint density at radius 1 is 1.09 bits per heavy atom. The highest BCUT2D eigenvalue weighted by molar-refractivity contribution is 5.65. The molecular weight excluding hydrogens is 408 g/mol. The van der Waals surface area contributed by atoms with E-state index < -0.39 is 5.79 Å². The molecule has 9 nitrogen and oxygen atoms in total. The number of nitrogens with two attached hydrogens (primary N) is 1. The zero-order chi connectivity index (χ0) is 22.1. The van der Waals surface area contributed by atoms with Crippen molar-refractivity contribution in [2.75, 3.05) is 39.0 Å². The van der Waals surface area contributed by atoms with Crippen LogP contribution in [-0.2, 0) is 14.2 Å². The Morgan fingerprint density at radius 3 is 2.69 bits per heavy atom. The van der Waals surface area contributed by atoms with Crippen LogP contribution in [-0.4, -0.2) is 87.3 Å². The molecule has 6 heterocycles. The molecule has 0 bridgehead atoms. The maximum Gasteiger partial charge on any atom is 0.164 e. The van der Waals surface area contributed by atoms with E-state index in [1.165, 1.54) is 45.1 Å². The molecule has 0 radical (unpaired) electrons. The molecule has 4 aliphatic rings. The number of fused-ring (bicyclic) bond motifs is 2. The first-order chi connectivity index (χ1) is 15.4. The number of nitrogens with zero attached hydrogens (tertiary/aromatic N) is 5. The van der Waals surface area contributed by atoms with Crippen molar-refractivity contribution in [1.82, 2.24) is 24.4 Å². The Bertz CT molecular complexity index is 1000. The molecule has 6 rings (SSSR count). The molecule has 0 amide bonds. The molecule has 0 unspecified atom stereocenters. The summed E-state index contributed by atoms with van der Waals surface area (Å²) in [5.41, 5.74) is 8.09. The summed E-state index contributed by atoms with van der Waals surface area (Å²) in [4.78, 5) is 9.25. The molecule has 4 aliphatic heterocycles. The Hall–Kier alpha value is -1.78. The Morgan fingerprint density at radius 2 is 1.88 bits per heavy atom. The number of aromatic nitrogens is 3. The van der Waals surface area contributed by atoms with Gasteiger partial charge in [0.25, 0.3) is 0 Å². The smallest absolute Gasteiger partial charge is 0.164 e. The average Bonchev–Trinajstić information content (AvgIpc) is 3.49. The van der Waals surface area contributed by atoms with Gasteiger partial charge in [-0.2, -0.15) is 5.10 Å². The van der Waals surface area contributed by atoms with Gasteiger partial charge in [-0.3, -0.25) is 4.90 Å². The van der Waals surface area contributed by atoms with E-state index in [2.05, 4.69) is 26.9 Å². The van der Waals surface area contributed by atoms with E-state index >= 15 is 0 Å². The van der Waals surface area contributed by atoms with E-state index in [4.69, 9.17) is 19.9 Å². The van der Waals surface area contributed by atoms with Crippen LogP contribution in [0.2, 0.25) is 0 Å². The Labute approximate surface area is 188 Å². The number of nitrogen functional groups attached to an aromatic ring is 1. The van der Waals surface area contributed by atoms with Crippen LogP contribution in [0.4, 0.5) is 5.82 Å². The fraction of sp³-hybridized carbons (Fsp3) is 0.739. The van der Waals surface area contributed by atoms with Gasteiger partial charge < -0.3 is 24.8 Å². The minimum absolute atomic E-state index is 0.0499. The third kappa shape index (κ3) is 3.25. The fourth-order valence-electron chi connectivity index (χ4n) is 6.35. The van der Waals surface area contributed by atoms with Crippen molar-refractivity contribution >= 4 is 11.3 Å². The number of ether oxygens (including phenoxy) is 3. The zero-order valence-electron chi connectivity index (χ0n) is 19.2. The third-order valence-electron chi connectivity index (χ3n) is 8.01. The number of hydrogen-bond donors (Lipinski definition) is 1. The molecule has 4 fully saturated rings. The number of hydrogen-bond acceptors (Lipinski definition) is 8. The lowest BCUT2D eigenvalue weighted by atomic mass is 9.85. The van der Waals surface area contributed by atoms with Crippen molar-refractivity contribution < 1.29 is 14.2 Å². The van der Waals surface area contributed by atoms with Crippen LogP contribution < -0.4 is 5.73 Å². The van der Waals surface area contributed by atoms with Crippen LogP contribution in [0.3, 0.4) is 0 Å². The summed E-state index contributed by atoms with van der Waals surface area (Å²) in [5, 5.41) is 4.43. The molecule has 2 aromatic rings. The largest absolute Gasteiger partial charge is 0.382 e. The first kappa shape index (κ1) is 20.8. The van der Waals surface area contributed by atoms with Gasteiger partial charge in [-0.1, -0.05) is 0 Å². The van der Waals surface area contributed by atoms with Gasteiger partial charge in [-0.25, -0.2) is 9.50 Å². The van der Waals surface area contributed by atoms with Crippen molar-refractivity contribution in [1.29, 1.82) is 0 Å². The summed E-state index contributed by atoms with van der Waals surface area (Å²) < 4.78 is 21.3. The van der Waals surface area contributed by atoms with Gasteiger partial charge in [0.15, 0.2) is 11.6 Å². The molecule has 1 spiro atoms. The normalized spacial score (nSPS) is 34.6. The number of rotatable bonds is 3. The highest BCUT2D eigenvalue weighted by Gasteiger charge is 2.57. The van der Waals surface area contributed by atoms with Gasteiger partial charge in [-0.05, 0) is 78.3 Å². The van der Waals surface area contributed by atoms with Crippen LogP contribution in [0.25, 0.3) is 5.52 Å². The van der Waals surface area contributed by atoms with Gasteiger partial charge >= 0.3 is 0 Å². The van der Waals surface area contributed by atoms with Gasteiger partial charge in [0.05, 0.1) is 5.69 Å². The van der Waals surface area contributed by atoms with Crippen molar-refractivity contribution in [3.8, 4) is 0 Å². The van der Waals surface area contributed by atoms with E-state index in [1.807, 2.05) is 30.5 Å². The molecule has 4 saturated heterocycles. The predicted octanol–water partition coefficient (Wildman–Crippen LogP) is 1.83. The summed E-state index contributed by atoms with van der Waals surface area (Å²) in [6.07, 6.45) is 5.89. The zero-order valence-corrected chi connectivity index (χ0v) is 19.2. The SMILES string of the molecule is CN1CCC2(CCCN2C[C@H]2O[C@@H](c3ccc4c(N)ncnn34)[C@@H]3OC(C)(C)O[C@@H]32)CC1. The minimum atomic E-state index is -0.632. The van der Waals surface area contributed by atoms with E-state index in [1.54, 1.807) is 0 Å². The van der Waals surface area contributed by atoms with Gasteiger partial charge in [-0.15, -0.1) is 0 Å². The van der Waals surface area contributed by atoms with Crippen LogP contribution in [0.15, 0.2) is 18.5 Å². The Kier molecular flexibility index (Phi) is 4.79. The lowest BCUT2D eigenvalue weighted by Crippen LogP contribution is -2.54. The second kappa shape index (κ2) is 7.36. The number of anilines is 1.